The third-order valence-electron chi connectivity index (χ3n) is 2.97. The van der Waals surface area contributed by atoms with Crippen LogP contribution in [0.3, 0.4) is 0 Å². The highest BCUT2D eigenvalue weighted by molar-refractivity contribution is 7.54. The summed E-state index contributed by atoms with van der Waals surface area (Å²) in [4.78, 5) is 51.4. The fourth-order valence-corrected chi connectivity index (χ4v) is 2.95. The van der Waals surface area contributed by atoms with Crippen LogP contribution in [-0.2, 0) is 18.9 Å². The minimum Gasteiger partial charge on any atom is -0.481 e. The normalized spacial score (nSPS) is 16.1. The van der Waals surface area contributed by atoms with Crippen LogP contribution in [0, 0.1) is 5.92 Å². The van der Waals surface area contributed by atoms with Crippen molar-refractivity contribution in [2.24, 2.45) is 5.92 Å². The smallest absolute Gasteiger partial charge is 0.343 e. The van der Waals surface area contributed by atoms with Crippen LogP contribution >= 0.6 is 7.60 Å². The molecule has 0 spiro atoms. The third-order valence-corrected chi connectivity index (χ3v) is 4.62. The molecule has 0 fully saturated rings. The number of rotatable bonds is 9. The van der Waals surface area contributed by atoms with Crippen molar-refractivity contribution in [1.82, 2.24) is 0 Å². The van der Waals surface area contributed by atoms with Crippen molar-refractivity contribution >= 4 is 25.5 Å². The van der Waals surface area contributed by atoms with Crippen LogP contribution < -0.4 is 0 Å². The Morgan fingerprint density at radius 1 is 1.15 bits per heavy atom. The third kappa shape index (κ3) is 4.29. The second kappa shape index (κ2) is 6.83. The molecule has 0 aliphatic rings. The van der Waals surface area contributed by atoms with E-state index < -0.39 is 49.4 Å². The maximum Gasteiger partial charge on any atom is 0.343 e. The molecule has 9 nitrogen and oxygen atoms in total. The molecule has 2 atom stereocenters. The first kappa shape index (κ1) is 18.6. The van der Waals surface area contributed by atoms with Crippen molar-refractivity contribution in [3.05, 3.63) is 0 Å². The summed E-state index contributed by atoms with van der Waals surface area (Å²) in [5, 5.41) is 23.8. The van der Waals surface area contributed by atoms with Crippen molar-refractivity contribution in [1.29, 1.82) is 0 Å². The Morgan fingerprint density at radius 3 is 1.90 bits per heavy atom. The molecule has 2 unspecified atom stereocenters. The molecule has 0 amide bonds. The van der Waals surface area contributed by atoms with Crippen LogP contribution in [0.2, 0.25) is 0 Å². The first-order valence-corrected chi connectivity index (χ1v) is 7.32. The van der Waals surface area contributed by atoms with E-state index >= 15 is 0 Å². The summed E-state index contributed by atoms with van der Waals surface area (Å²) in [6.07, 6.45) is -1.95. The maximum absolute atomic E-state index is 11.5. The quantitative estimate of drug-likeness (QED) is 0.377. The summed E-state index contributed by atoms with van der Waals surface area (Å²) in [7, 11) is -5.38. The molecule has 5 N–H and O–H groups in total. The summed E-state index contributed by atoms with van der Waals surface area (Å²) >= 11 is 0. The fourth-order valence-electron chi connectivity index (χ4n) is 1.90. The van der Waals surface area contributed by atoms with Crippen LogP contribution in [0.15, 0.2) is 0 Å². The molecule has 0 rings (SSSR count). The molecule has 0 aromatic heterocycles. The zero-order valence-corrected chi connectivity index (χ0v) is 11.6. The number of carboxylic acids is 3. The van der Waals surface area contributed by atoms with Gasteiger partial charge in [0.1, 0.15) is 0 Å². The number of aliphatic carboxylic acids is 3. The molecule has 0 radical (unpaired) electrons. The van der Waals surface area contributed by atoms with Crippen molar-refractivity contribution in [2.45, 2.75) is 37.8 Å². The van der Waals surface area contributed by atoms with E-state index in [1.807, 2.05) is 0 Å². The van der Waals surface area contributed by atoms with Gasteiger partial charge in [0.2, 0.25) is 0 Å². The lowest BCUT2D eigenvalue weighted by Gasteiger charge is -2.30. The second-order valence-electron chi connectivity index (χ2n) is 4.48. The first-order chi connectivity index (χ1) is 8.98. The fraction of sp³-hybridized carbons (Fsp3) is 0.700. The highest BCUT2D eigenvalue weighted by Gasteiger charge is 2.57. The van der Waals surface area contributed by atoms with E-state index in [9.17, 15) is 28.7 Å². The summed E-state index contributed by atoms with van der Waals surface area (Å²) in [5.74, 6) is -6.51. The van der Waals surface area contributed by atoms with E-state index in [2.05, 4.69) is 0 Å². The molecule has 10 heteroatoms. The van der Waals surface area contributed by atoms with Crippen molar-refractivity contribution in [2.75, 3.05) is 0 Å². The molecule has 0 bridgehead atoms. The number of hydrogen-bond acceptors (Lipinski definition) is 4. The van der Waals surface area contributed by atoms with Crippen LogP contribution in [0.4, 0.5) is 0 Å². The maximum atomic E-state index is 11.5. The SMILES string of the molecule is CCCC(CC(CC(=O)O)(C(=O)O)P(=O)(O)O)C(=O)O. The van der Waals surface area contributed by atoms with Gasteiger partial charge < -0.3 is 25.1 Å². The summed E-state index contributed by atoms with van der Waals surface area (Å²) < 4.78 is 11.5. The number of carboxylic acid groups (broad SMARTS) is 3. The zero-order chi connectivity index (χ0) is 16.1. The van der Waals surface area contributed by atoms with Gasteiger partial charge in [0.05, 0.1) is 12.3 Å². The highest BCUT2D eigenvalue weighted by atomic mass is 31.2. The van der Waals surface area contributed by atoms with Crippen molar-refractivity contribution < 1.29 is 44.1 Å². The lowest BCUT2D eigenvalue weighted by atomic mass is 9.88. The van der Waals surface area contributed by atoms with Crippen LogP contribution in [0.5, 0.6) is 0 Å². The van der Waals surface area contributed by atoms with Gasteiger partial charge in [-0.25, -0.2) is 0 Å². The Balaban J connectivity index is 5.72. The van der Waals surface area contributed by atoms with Gasteiger partial charge in [-0.1, -0.05) is 13.3 Å². The largest absolute Gasteiger partial charge is 0.481 e. The predicted molar refractivity (Wildman–Crippen MR) is 65.3 cm³/mol. The van der Waals surface area contributed by atoms with Gasteiger partial charge in [-0.2, -0.15) is 0 Å². The molecule has 0 aromatic rings. The summed E-state index contributed by atoms with van der Waals surface area (Å²) in [6, 6.07) is 0. The van der Waals surface area contributed by atoms with Crippen LogP contribution in [0.25, 0.3) is 0 Å². The van der Waals surface area contributed by atoms with Gasteiger partial charge in [-0.15, -0.1) is 0 Å². The average molecular weight is 312 g/mol. The molecule has 0 heterocycles. The average Bonchev–Trinajstić information content (AvgIpc) is 2.24. The molecule has 20 heavy (non-hydrogen) atoms. The van der Waals surface area contributed by atoms with Gasteiger partial charge in [0.25, 0.3) is 0 Å². The van der Waals surface area contributed by atoms with E-state index in [0.717, 1.165) is 0 Å². The first-order valence-electron chi connectivity index (χ1n) is 5.71. The Labute approximate surface area is 114 Å². The molecule has 116 valence electrons. The molecule has 0 aliphatic heterocycles. The molecule has 0 saturated carbocycles. The van der Waals surface area contributed by atoms with Gasteiger partial charge >= 0.3 is 25.5 Å². The Hall–Kier alpha value is -1.44. The standard InChI is InChI=1S/C10H17O9P/c1-2-3-6(8(13)14)4-10(9(15)16,5-7(11)12)20(17,18)19/h6H,2-5H2,1H3,(H,11,12)(H,13,14)(H,15,16)(H2,17,18,19). The molecule has 0 aliphatic carbocycles. The highest BCUT2D eigenvalue weighted by Crippen LogP contribution is 2.56. The zero-order valence-electron chi connectivity index (χ0n) is 10.7. The summed E-state index contributed by atoms with van der Waals surface area (Å²) in [6.45, 7) is 1.62. The van der Waals surface area contributed by atoms with Gasteiger partial charge in [0, 0.05) is 0 Å². The van der Waals surface area contributed by atoms with Gasteiger partial charge in [0.15, 0.2) is 5.16 Å². The molecule has 0 saturated heterocycles. The van der Waals surface area contributed by atoms with Crippen LogP contribution in [-0.4, -0.2) is 48.2 Å². The Bertz CT molecular complexity index is 440. The molecular weight excluding hydrogens is 295 g/mol. The molecule has 0 aromatic carbocycles. The Morgan fingerprint density at radius 2 is 1.65 bits per heavy atom. The number of carbonyl (C=O) groups is 3. The van der Waals surface area contributed by atoms with Crippen molar-refractivity contribution in [3.63, 3.8) is 0 Å². The molecular formula is C10H17O9P. The van der Waals surface area contributed by atoms with Crippen LogP contribution in [0.1, 0.15) is 32.6 Å². The second-order valence-corrected chi connectivity index (χ2v) is 6.42. The topological polar surface area (TPSA) is 169 Å². The van der Waals surface area contributed by atoms with E-state index in [1.54, 1.807) is 6.92 Å². The van der Waals surface area contributed by atoms with Gasteiger partial charge in [-0.3, -0.25) is 18.9 Å². The predicted octanol–water partition coefficient (Wildman–Crippen LogP) is 0.353. The van der Waals surface area contributed by atoms with E-state index in [4.69, 9.17) is 15.3 Å². The minimum absolute atomic E-state index is 0.00994. The van der Waals surface area contributed by atoms with E-state index in [-0.39, 0.29) is 6.42 Å². The minimum atomic E-state index is -5.38. The van der Waals surface area contributed by atoms with Crippen molar-refractivity contribution in [3.8, 4) is 0 Å². The Kier molecular flexibility index (Phi) is 6.33. The summed E-state index contributed by atoms with van der Waals surface area (Å²) in [5.41, 5.74) is 0. The lowest BCUT2D eigenvalue weighted by molar-refractivity contribution is -0.150. The van der Waals surface area contributed by atoms with E-state index in [0.29, 0.717) is 6.42 Å². The monoisotopic (exact) mass is 312 g/mol. The van der Waals surface area contributed by atoms with E-state index in [1.165, 1.54) is 0 Å². The van der Waals surface area contributed by atoms with Gasteiger partial charge in [-0.05, 0) is 12.8 Å². The number of hydrogen-bond donors (Lipinski definition) is 5. The lowest BCUT2D eigenvalue weighted by Crippen LogP contribution is -2.43.